The van der Waals surface area contributed by atoms with Crippen molar-refractivity contribution < 1.29 is 14.9 Å². The van der Waals surface area contributed by atoms with E-state index < -0.39 is 6.10 Å². The van der Waals surface area contributed by atoms with E-state index in [9.17, 15) is 5.11 Å². The Labute approximate surface area is 119 Å². The van der Waals surface area contributed by atoms with Crippen molar-refractivity contribution in [2.24, 2.45) is 5.92 Å². The first-order chi connectivity index (χ1) is 9.11. The van der Waals surface area contributed by atoms with Crippen molar-refractivity contribution in [2.45, 2.75) is 19.6 Å². The zero-order chi connectivity index (χ0) is 14.1. The Bertz CT molecular complexity index is 345. The highest BCUT2D eigenvalue weighted by atomic mass is 35.5. The fraction of sp³-hybridized carbons (Fsp3) is 0.571. The third-order valence-electron chi connectivity index (χ3n) is 2.68. The van der Waals surface area contributed by atoms with E-state index in [0.717, 1.165) is 5.56 Å². The van der Waals surface area contributed by atoms with Gasteiger partial charge in [0.05, 0.1) is 19.3 Å². The average Bonchev–Trinajstić information content (AvgIpc) is 2.41. The molecule has 0 heterocycles. The fourth-order valence-corrected chi connectivity index (χ4v) is 1.64. The molecule has 108 valence electrons. The summed E-state index contributed by atoms with van der Waals surface area (Å²) in [6.45, 7) is 3.98. The highest BCUT2D eigenvalue weighted by molar-refractivity contribution is 6.30. The molecule has 0 amide bonds. The number of rotatable bonds is 9. The molecule has 1 rings (SSSR count). The highest BCUT2D eigenvalue weighted by Gasteiger charge is 2.05. The van der Waals surface area contributed by atoms with Crippen LogP contribution in [0.15, 0.2) is 24.3 Å². The number of hydrogen-bond donors (Lipinski definition) is 3. The average molecular weight is 288 g/mol. The standard InChI is InChI=1S/C14H22ClNO3/c1-11(8-17)6-16-7-14(18)10-19-9-12-2-4-13(15)5-3-12/h2-5,11,14,16-18H,6-10H2,1H3. The molecule has 2 unspecified atom stereocenters. The zero-order valence-corrected chi connectivity index (χ0v) is 11.9. The predicted molar refractivity (Wildman–Crippen MR) is 76.2 cm³/mol. The van der Waals surface area contributed by atoms with Crippen LogP contribution in [0.4, 0.5) is 0 Å². The van der Waals surface area contributed by atoms with Gasteiger partial charge in [0.25, 0.3) is 0 Å². The van der Waals surface area contributed by atoms with Gasteiger partial charge in [0, 0.05) is 18.2 Å². The quantitative estimate of drug-likeness (QED) is 0.643. The van der Waals surface area contributed by atoms with Crippen molar-refractivity contribution in [3.05, 3.63) is 34.9 Å². The highest BCUT2D eigenvalue weighted by Crippen LogP contribution is 2.10. The van der Waals surface area contributed by atoms with Crippen LogP contribution in [0.1, 0.15) is 12.5 Å². The van der Waals surface area contributed by atoms with Gasteiger partial charge in [0.2, 0.25) is 0 Å². The van der Waals surface area contributed by atoms with Crippen molar-refractivity contribution >= 4 is 11.6 Å². The lowest BCUT2D eigenvalue weighted by Crippen LogP contribution is -2.33. The summed E-state index contributed by atoms with van der Waals surface area (Å²) in [5.41, 5.74) is 1.03. The van der Waals surface area contributed by atoms with Crippen LogP contribution in [-0.4, -0.2) is 42.6 Å². The first-order valence-electron chi connectivity index (χ1n) is 6.43. The van der Waals surface area contributed by atoms with Crippen molar-refractivity contribution in [1.82, 2.24) is 5.32 Å². The summed E-state index contributed by atoms with van der Waals surface area (Å²) in [5.74, 6) is 0.196. The normalized spacial score (nSPS) is 14.3. The summed E-state index contributed by atoms with van der Waals surface area (Å²) in [4.78, 5) is 0. The Kier molecular flexibility index (Phi) is 8.02. The lowest BCUT2D eigenvalue weighted by Gasteiger charge is -2.14. The smallest absolute Gasteiger partial charge is 0.0897 e. The second-order valence-electron chi connectivity index (χ2n) is 4.74. The van der Waals surface area contributed by atoms with E-state index in [4.69, 9.17) is 21.4 Å². The van der Waals surface area contributed by atoms with Crippen LogP contribution >= 0.6 is 11.6 Å². The molecule has 0 aliphatic heterocycles. The van der Waals surface area contributed by atoms with Gasteiger partial charge in [-0.3, -0.25) is 0 Å². The van der Waals surface area contributed by atoms with Gasteiger partial charge in [-0.05, 0) is 30.2 Å². The summed E-state index contributed by atoms with van der Waals surface area (Å²) in [5, 5.41) is 22.3. The third kappa shape index (κ3) is 7.50. The maximum absolute atomic E-state index is 9.69. The van der Waals surface area contributed by atoms with E-state index in [1.54, 1.807) is 0 Å². The number of nitrogens with one attached hydrogen (secondary N) is 1. The minimum absolute atomic E-state index is 0.149. The largest absolute Gasteiger partial charge is 0.396 e. The number of benzene rings is 1. The monoisotopic (exact) mass is 287 g/mol. The van der Waals surface area contributed by atoms with E-state index in [-0.39, 0.29) is 19.1 Å². The van der Waals surface area contributed by atoms with Crippen LogP contribution in [0.5, 0.6) is 0 Å². The van der Waals surface area contributed by atoms with Gasteiger partial charge in [-0.15, -0.1) is 0 Å². The lowest BCUT2D eigenvalue weighted by molar-refractivity contribution is 0.0283. The molecule has 0 fully saturated rings. The van der Waals surface area contributed by atoms with Gasteiger partial charge in [0.1, 0.15) is 0 Å². The zero-order valence-electron chi connectivity index (χ0n) is 11.2. The van der Waals surface area contributed by atoms with Crippen LogP contribution in [0.3, 0.4) is 0 Å². The van der Waals surface area contributed by atoms with Crippen molar-refractivity contribution in [3.8, 4) is 0 Å². The second-order valence-corrected chi connectivity index (χ2v) is 5.18. The van der Waals surface area contributed by atoms with Crippen molar-refractivity contribution in [2.75, 3.05) is 26.3 Å². The number of halogens is 1. The van der Waals surface area contributed by atoms with E-state index in [0.29, 0.717) is 24.7 Å². The number of hydrogen-bond acceptors (Lipinski definition) is 4. The third-order valence-corrected chi connectivity index (χ3v) is 2.93. The molecule has 1 aromatic rings. The molecule has 0 radical (unpaired) electrons. The first kappa shape index (κ1) is 16.4. The topological polar surface area (TPSA) is 61.7 Å². The minimum atomic E-state index is -0.543. The summed E-state index contributed by atoms with van der Waals surface area (Å²) in [7, 11) is 0. The molecule has 0 saturated carbocycles. The van der Waals surface area contributed by atoms with Crippen LogP contribution in [0.2, 0.25) is 5.02 Å². The first-order valence-corrected chi connectivity index (χ1v) is 6.81. The van der Waals surface area contributed by atoms with E-state index in [1.165, 1.54) is 0 Å². The van der Waals surface area contributed by atoms with Gasteiger partial charge in [-0.1, -0.05) is 30.7 Å². The van der Waals surface area contributed by atoms with Crippen LogP contribution in [0, 0.1) is 5.92 Å². The SMILES string of the molecule is CC(CO)CNCC(O)COCc1ccc(Cl)cc1. The van der Waals surface area contributed by atoms with Gasteiger partial charge in [-0.2, -0.15) is 0 Å². The van der Waals surface area contributed by atoms with Crippen molar-refractivity contribution in [3.63, 3.8) is 0 Å². The molecule has 0 aromatic heterocycles. The molecule has 3 N–H and O–H groups in total. The van der Waals surface area contributed by atoms with Crippen LogP contribution in [0.25, 0.3) is 0 Å². The lowest BCUT2D eigenvalue weighted by atomic mass is 10.2. The number of aliphatic hydroxyl groups excluding tert-OH is 2. The van der Waals surface area contributed by atoms with E-state index in [1.807, 2.05) is 31.2 Å². The fourth-order valence-electron chi connectivity index (χ4n) is 1.51. The Morgan fingerprint density at radius 2 is 1.95 bits per heavy atom. The van der Waals surface area contributed by atoms with Crippen molar-refractivity contribution in [1.29, 1.82) is 0 Å². The van der Waals surface area contributed by atoms with E-state index >= 15 is 0 Å². The second kappa shape index (κ2) is 9.28. The van der Waals surface area contributed by atoms with Gasteiger partial charge < -0.3 is 20.3 Å². The molecule has 5 heteroatoms. The summed E-state index contributed by atoms with van der Waals surface area (Å²) >= 11 is 5.78. The van der Waals surface area contributed by atoms with Gasteiger partial charge in [0.15, 0.2) is 0 Å². The minimum Gasteiger partial charge on any atom is -0.396 e. The predicted octanol–water partition coefficient (Wildman–Crippen LogP) is 1.44. The van der Waals surface area contributed by atoms with Gasteiger partial charge >= 0.3 is 0 Å². The molecule has 4 nitrogen and oxygen atoms in total. The summed E-state index contributed by atoms with van der Waals surface area (Å²) in [6, 6.07) is 7.43. The van der Waals surface area contributed by atoms with E-state index in [2.05, 4.69) is 5.32 Å². The molecule has 0 saturated heterocycles. The molecule has 19 heavy (non-hydrogen) atoms. The maximum Gasteiger partial charge on any atom is 0.0897 e. The molecular weight excluding hydrogens is 266 g/mol. The number of ether oxygens (including phenoxy) is 1. The summed E-state index contributed by atoms with van der Waals surface area (Å²) in [6.07, 6.45) is -0.543. The molecule has 0 spiro atoms. The number of aliphatic hydroxyl groups is 2. The molecule has 1 aromatic carbocycles. The Balaban J connectivity index is 2.10. The molecule has 2 atom stereocenters. The molecule has 0 bridgehead atoms. The Hall–Kier alpha value is -0.650. The molecule has 0 aliphatic rings. The summed E-state index contributed by atoms with van der Waals surface area (Å²) < 4.78 is 5.42. The molecular formula is C14H22ClNO3. The Morgan fingerprint density at radius 1 is 1.26 bits per heavy atom. The van der Waals surface area contributed by atoms with Crippen LogP contribution < -0.4 is 5.32 Å². The van der Waals surface area contributed by atoms with Gasteiger partial charge in [-0.25, -0.2) is 0 Å². The van der Waals surface area contributed by atoms with Crippen LogP contribution in [-0.2, 0) is 11.3 Å². The maximum atomic E-state index is 9.69. The molecule has 0 aliphatic carbocycles. The Morgan fingerprint density at radius 3 is 2.58 bits per heavy atom.